The summed E-state index contributed by atoms with van der Waals surface area (Å²) in [4.78, 5) is 12.3. The fraction of sp³-hybridized carbons (Fsp3) is 0.389. The van der Waals surface area contributed by atoms with Gasteiger partial charge in [0.2, 0.25) is 0 Å². The fourth-order valence-corrected chi connectivity index (χ4v) is 5.06. The molecule has 1 atom stereocenters. The maximum absolute atomic E-state index is 13.1. The number of esters is 1. The van der Waals surface area contributed by atoms with E-state index in [1.807, 2.05) is 0 Å². The molecule has 1 aliphatic rings. The first kappa shape index (κ1) is 20.2. The van der Waals surface area contributed by atoms with Crippen LogP contribution in [0.25, 0.3) is 0 Å². The molecule has 2 rings (SSSR count). The highest BCUT2D eigenvalue weighted by molar-refractivity contribution is 8.03. The van der Waals surface area contributed by atoms with Crippen LogP contribution in [0.2, 0.25) is 0 Å². The van der Waals surface area contributed by atoms with Crippen molar-refractivity contribution >= 4 is 27.8 Å². The molecule has 1 heterocycles. The number of methoxy groups -OCH3 is 1. The number of thioether (sulfide) groups is 1. The summed E-state index contributed by atoms with van der Waals surface area (Å²) in [5, 5.41) is 1.66. The average molecular weight is 396 g/mol. The summed E-state index contributed by atoms with van der Waals surface area (Å²) in [6.07, 6.45) is 1.40. The van der Waals surface area contributed by atoms with Crippen LogP contribution in [-0.2, 0) is 19.6 Å². The molecule has 0 aromatic heterocycles. The lowest BCUT2D eigenvalue weighted by Gasteiger charge is -2.40. The van der Waals surface area contributed by atoms with E-state index in [0.29, 0.717) is 5.75 Å². The van der Waals surface area contributed by atoms with E-state index in [2.05, 4.69) is 11.8 Å². The molecule has 0 fully saturated rings. The molecule has 0 N–H and O–H groups in total. The van der Waals surface area contributed by atoms with Gasteiger partial charge in [-0.25, -0.2) is 13.2 Å². The van der Waals surface area contributed by atoms with E-state index < -0.39 is 26.8 Å². The minimum atomic E-state index is -3.93. The molecule has 1 aliphatic heterocycles. The average Bonchev–Trinajstić information content (AvgIpc) is 2.61. The Bertz CT molecular complexity index is 848. The van der Waals surface area contributed by atoms with Crippen molar-refractivity contribution < 1.29 is 22.7 Å². The van der Waals surface area contributed by atoms with Crippen LogP contribution in [0, 0.1) is 11.8 Å². The SMILES string of the molecule is CC#CCOc1ccc(S(=O)(=O)N2C=CSC(C)(C)C2C(=O)OC)cc1. The lowest BCUT2D eigenvalue weighted by Crippen LogP contribution is -2.54. The molecule has 140 valence electrons. The third kappa shape index (κ3) is 4.17. The van der Waals surface area contributed by atoms with E-state index in [0.717, 1.165) is 4.31 Å². The Morgan fingerprint density at radius 1 is 1.31 bits per heavy atom. The van der Waals surface area contributed by atoms with Crippen LogP contribution in [-0.4, -0.2) is 43.2 Å². The summed E-state index contributed by atoms with van der Waals surface area (Å²) in [6.45, 7) is 5.55. The predicted molar refractivity (Wildman–Crippen MR) is 101 cm³/mol. The Morgan fingerprint density at radius 3 is 2.54 bits per heavy atom. The first-order chi connectivity index (χ1) is 12.2. The van der Waals surface area contributed by atoms with Gasteiger partial charge in [-0.3, -0.25) is 4.31 Å². The molecule has 1 aromatic carbocycles. The summed E-state index contributed by atoms with van der Waals surface area (Å²) in [7, 11) is -2.68. The van der Waals surface area contributed by atoms with Gasteiger partial charge in [0.1, 0.15) is 12.4 Å². The van der Waals surface area contributed by atoms with Crippen molar-refractivity contribution in [3.05, 3.63) is 35.9 Å². The minimum Gasteiger partial charge on any atom is -0.481 e. The molecule has 0 saturated carbocycles. The van der Waals surface area contributed by atoms with Gasteiger partial charge in [0.05, 0.1) is 12.0 Å². The number of sulfonamides is 1. The smallest absolute Gasteiger partial charge is 0.331 e. The van der Waals surface area contributed by atoms with Crippen LogP contribution in [0.5, 0.6) is 5.75 Å². The molecule has 1 aromatic rings. The first-order valence-corrected chi connectivity index (χ1v) is 10.1. The maximum Gasteiger partial charge on any atom is 0.331 e. The summed E-state index contributed by atoms with van der Waals surface area (Å²) in [6, 6.07) is 5.04. The van der Waals surface area contributed by atoms with Gasteiger partial charge in [-0.05, 0) is 50.4 Å². The molecule has 0 aliphatic carbocycles. The highest BCUT2D eigenvalue weighted by Crippen LogP contribution is 2.39. The van der Waals surface area contributed by atoms with Gasteiger partial charge in [-0.2, -0.15) is 0 Å². The molecule has 0 radical (unpaired) electrons. The normalized spacial score (nSPS) is 18.6. The zero-order chi connectivity index (χ0) is 19.4. The topological polar surface area (TPSA) is 72.9 Å². The highest BCUT2D eigenvalue weighted by Gasteiger charge is 2.46. The first-order valence-electron chi connectivity index (χ1n) is 7.82. The number of ether oxygens (including phenoxy) is 2. The number of hydrogen-bond acceptors (Lipinski definition) is 6. The van der Waals surface area contributed by atoms with Gasteiger partial charge < -0.3 is 9.47 Å². The Labute approximate surface area is 158 Å². The predicted octanol–water partition coefficient (Wildman–Crippen LogP) is 2.62. The third-order valence-electron chi connectivity index (χ3n) is 3.80. The molecule has 0 spiro atoms. The van der Waals surface area contributed by atoms with Crippen LogP contribution in [0.4, 0.5) is 0 Å². The zero-order valence-corrected chi connectivity index (χ0v) is 16.7. The molecule has 8 heteroatoms. The monoisotopic (exact) mass is 395 g/mol. The van der Waals surface area contributed by atoms with Crippen molar-refractivity contribution in [2.45, 2.75) is 36.5 Å². The second-order valence-corrected chi connectivity index (χ2v) is 9.36. The lowest BCUT2D eigenvalue weighted by atomic mass is 10.0. The van der Waals surface area contributed by atoms with Crippen LogP contribution in [0.3, 0.4) is 0 Å². The molecule has 1 unspecified atom stereocenters. The Balaban J connectivity index is 2.35. The number of rotatable bonds is 5. The van der Waals surface area contributed by atoms with Gasteiger partial charge in [-0.15, -0.1) is 17.7 Å². The molecule has 0 saturated heterocycles. The van der Waals surface area contributed by atoms with E-state index in [4.69, 9.17) is 9.47 Å². The number of carbonyl (C=O) groups excluding carboxylic acids is 1. The number of nitrogens with zero attached hydrogens (tertiary/aromatic N) is 1. The van der Waals surface area contributed by atoms with E-state index in [1.165, 1.54) is 37.2 Å². The van der Waals surface area contributed by atoms with Crippen LogP contribution < -0.4 is 4.74 Å². The van der Waals surface area contributed by atoms with E-state index in [9.17, 15) is 13.2 Å². The highest BCUT2D eigenvalue weighted by atomic mass is 32.2. The zero-order valence-electron chi connectivity index (χ0n) is 15.1. The quantitative estimate of drug-likeness (QED) is 0.564. The summed E-state index contributed by atoms with van der Waals surface area (Å²) < 4.78 is 36.8. The van der Waals surface area contributed by atoms with Crippen molar-refractivity contribution in [2.75, 3.05) is 13.7 Å². The lowest BCUT2D eigenvalue weighted by molar-refractivity contribution is -0.145. The number of benzene rings is 1. The molecular formula is C18H21NO5S2. The van der Waals surface area contributed by atoms with Crippen molar-refractivity contribution in [1.82, 2.24) is 4.31 Å². The summed E-state index contributed by atoms with van der Waals surface area (Å²) >= 11 is 1.38. The number of carbonyl (C=O) groups is 1. The van der Waals surface area contributed by atoms with Crippen molar-refractivity contribution in [1.29, 1.82) is 0 Å². The maximum atomic E-state index is 13.1. The van der Waals surface area contributed by atoms with Gasteiger partial charge in [-0.1, -0.05) is 5.92 Å². The molecule has 0 bridgehead atoms. The van der Waals surface area contributed by atoms with Crippen molar-refractivity contribution in [3.63, 3.8) is 0 Å². The van der Waals surface area contributed by atoms with Gasteiger partial charge in [0.25, 0.3) is 10.0 Å². The molecule has 0 amide bonds. The van der Waals surface area contributed by atoms with Gasteiger partial charge in [0, 0.05) is 10.9 Å². The Kier molecular flexibility index (Phi) is 6.26. The summed E-state index contributed by atoms with van der Waals surface area (Å²) in [5.41, 5.74) is 0. The fourth-order valence-electron chi connectivity index (χ4n) is 2.46. The largest absolute Gasteiger partial charge is 0.481 e. The number of hydrogen-bond donors (Lipinski definition) is 0. The summed E-state index contributed by atoms with van der Waals surface area (Å²) in [5.74, 6) is 5.39. The molecular weight excluding hydrogens is 374 g/mol. The molecule has 26 heavy (non-hydrogen) atoms. The Hall–Kier alpha value is -2.11. The van der Waals surface area contributed by atoms with Gasteiger partial charge >= 0.3 is 5.97 Å². The van der Waals surface area contributed by atoms with Crippen molar-refractivity contribution in [2.24, 2.45) is 0 Å². The van der Waals surface area contributed by atoms with Crippen LogP contribution in [0.1, 0.15) is 20.8 Å². The third-order valence-corrected chi connectivity index (χ3v) is 6.65. The Morgan fingerprint density at radius 2 is 1.96 bits per heavy atom. The van der Waals surface area contributed by atoms with Gasteiger partial charge in [0.15, 0.2) is 6.04 Å². The minimum absolute atomic E-state index is 0.0627. The second kappa shape index (κ2) is 8.06. The van der Waals surface area contributed by atoms with Crippen LogP contribution >= 0.6 is 11.8 Å². The van der Waals surface area contributed by atoms with Crippen LogP contribution in [0.15, 0.2) is 40.8 Å². The van der Waals surface area contributed by atoms with E-state index in [-0.39, 0.29) is 11.5 Å². The van der Waals surface area contributed by atoms with E-state index in [1.54, 1.807) is 38.3 Å². The second-order valence-electron chi connectivity index (χ2n) is 5.95. The molecule has 6 nitrogen and oxygen atoms in total. The van der Waals surface area contributed by atoms with E-state index >= 15 is 0 Å². The van der Waals surface area contributed by atoms with Crippen molar-refractivity contribution in [3.8, 4) is 17.6 Å². The standard InChI is InChI=1S/C18H21NO5S2/c1-5-6-12-24-14-7-9-15(10-8-14)26(21,22)19-11-13-25-18(2,3)16(19)17(20)23-4/h7-11,13,16H,12H2,1-4H3.